The van der Waals surface area contributed by atoms with Gasteiger partial charge in [-0.3, -0.25) is 4.98 Å². The minimum absolute atomic E-state index is 0.221. The van der Waals surface area contributed by atoms with E-state index in [-0.39, 0.29) is 5.75 Å². The first-order valence-electron chi connectivity index (χ1n) is 15.6. The van der Waals surface area contributed by atoms with Gasteiger partial charge in [0.05, 0.1) is 17.1 Å². The van der Waals surface area contributed by atoms with E-state index in [1.54, 1.807) is 0 Å². The van der Waals surface area contributed by atoms with Crippen molar-refractivity contribution in [1.29, 1.82) is 0 Å². The SMILES string of the molecule is Cc1cccc(C)c1-c1ccnc(-c2cccc(-c3cc(-c4ccccc4)cc(-c4ccc(Cc5ccccc5)cc4O)n3)c2)c1. The van der Waals surface area contributed by atoms with Gasteiger partial charge in [-0.1, -0.05) is 103 Å². The van der Waals surface area contributed by atoms with Crippen LogP contribution < -0.4 is 0 Å². The first kappa shape index (κ1) is 28.9. The van der Waals surface area contributed by atoms with Crippen molar-refractivity contribution in [2.24, 2.45) is 0 Å². The van der Waals surface area contributed by atoms with E-state index in [0.717, 1.165) is 56.9 Å². The first-order chi connectivity index (χ1) is 22.5. The zero-order valence-corrected chi connectivity index (χ0v) is 26.0. The molecule has 3 nitrogen and oxygen atoms in total. The van der Waals surface area contributed by atoms with Gasteiger partial charge in [0.25, 0.3) is 0 Å². The van der Waals surface area contributed by atoms with Gasteiger partial charge in [-0.05, 0) is 107 Å². The summed E-state index contributed by atoms with van der Waals surface area (Å²) in [5.74, 6) is 0.221. The Morgan fingerprint density at radius 1 is 0.478 bits per heavy atom. The van der Waals surface area contributed by atoms with E-state index in [1.165, 1.54) is 22.3 Å². The van der Waals surface area contributed by atoms with Crippen LogP contribution in [0.1, 0.15) is 22.3 Å². The van der Waals surface area contributed by atoms with Crippen molar-refractivity contribution in [3.63, 3.8) is 0 Å². The monoisotopic (exact) mass is 594 g/mol. The molecule has 0 saturated heterocycles. The lowest BCUT2D eigenvalue weighted by Crippen LogP contribution is -1.94. The molecule has 46 heavy (non-hydrogen) atoms. The van der Waals surface area contributed by atoms with Crippen molar-refractivity contribution in [3.8, 4) is 61.8 Å². The number of phenolic OH excluding ortho intramolecular Hbond substituents is 1. The van der Waals surface area contributed by atoms with E-state index in [0.29, 0.717) is 5.56 Å². The lowest BCUT2D eigenvalue weighted by molar-refractivity contribution is 0.476. The molecule has 222 valence electrons. The van der Waals surface area contributed by atoms with Gasteiger partial charge in [-0.25, -0.2) is 4.98 Å². The van der Waals surface area contributed by atoms with E-state index in [2.05, 4.69) is 111 Å². The van der Waals surface area contributed by atoms with Crippen LogP contribution in [0, 0.1) is 13.8 Å². The number of hydrogen-bond acceptors (Lipinski definition) is 3. The number of phenols is 1. The second-order valence-corrected chi connectivity index (χ2v) is 11.8. The summed E-state index contributed by atoms with van der Waals surface area (Å²) in [7, 11) is 0. The van der Waals surface area contributed by atoms with E-state index < -0.39 is 0 Å². The molecule has 0 aliphatic carbocycles. The molecule has 5 aromatic carbocycles. The lowest BCUT2D eigenvalue weighted by atomic mass is 9.94. The molecule has 0 aliphatic rings. The largest absolute Gasteiger partial charge is 0.507 e. The molecule has 0 aliphatic heterocycles. The van der Waals surface area contributed by atoms with E-state index in [1.807, 2.05) is 54.7 Å². The summed E-state index contributed by atoms with van der Waals surface area (Å²) in [4.78, 5) is 9.87. The number of benzene rings is 5. The molecule has 2 heterocycles. The third kappa shape index (κ3) is 6.09. The van der Waals surface area contributed by atoms with Gasteiger partial charge in [0.1, 0.15) is 5.75 Å². The molecule has 2 aromatic heterocycles. The summed E-state index contributed by atoms with van der Waals surface area (Å²) in [5, 5.41) is 11.2. The van der Waals surface area contributed by atoms with Crippen molar-refractivity contribution in [1.82, 2.24) is 9.97 Å². The van der Waals surface area contributed by atoms with E-state index in [9.17, 15) is 5.11 Å². The molecule has 0 atom stereocenters. The quantitative estimate of drug-likeness (QED) is 0.200. The summed E-state index contributed by atoms with van der Waals surface area (Å²) >= 11 is 0. The Bertz CT molecular complexity index is 2130. The molecule has 0 fully saturated rings. The molecular weight excluding hydrogens is 560 g/mol. The summed E-state index contributed by atoms with van der Waals surface area (Å²) in [6.45, 7) is 4.31. The smallest absolute Gasteiger partial charge is 0.125 e. The third-order valence-corrected chi connectivity index (χ3v) is 8.51. The highest BCUT2D eigenvalue weighted by Crippen LogP contribution is 2.36. The topological polar surface area (TPSA) is 46.0 Å². The van der Waals surface area contributed by atoms with Crippen molar-refractivity contribution >= 4 is 0 Å². The molecule has 0 unspecified atom stereocenters. The molecule has 0 radical (unpaired) electrons. The van der Waals surface area contributed by atoms with Crippen LogP contribution in [0.15, 0.2) is 152 Å². The maximum Gasteiger partial charge on any atom is 0.125 e. The van der Waals surface area contributed by atoms with Gasteiger partial charge in [0.2, 0.25) is 0 Å². The number of aryl methyl sites for hydroxylation is 2. The third-order valence-electron chi connectivity index (χ3n) is 8.51. The Kier molecular flexibility index (Phi) is 7.97. The summed E-state index contributed by atoms with van der Waals surface area (Å²) < 4.78 is 0. The van der Waals surface area contributed by atoms with Crippen LogP contribution in [0.5, 0.6) is 5.75 Å². The number of hydrogen-bond donors (Lipinski definition) is 1. The van der Waals surface area contributed by atoms with Gasteiger partial charge in [0.15, 0.2) is 0 Å². The van der Waals surface area contributed by atoms with Crippen molar-refractivity contribution in [2.75, 3.05) is 0 Å². The summed E-state index contributed by atoms with van der Waals surface area (Å²) in [5.41, 5.74) is 14.4. The van der Waals surface area contributed by atoms with Crippen LogP contribution in [0.25, 0.3) is 56.0 Å². The standard InChI is InChI=1S/C43H34N2O/c1-29-11-9-12-30(2)43(29)36-21-22-44-39(26-36)34-17-10-18-35(25-34)40-27-37(33-15-7-4-8-16-33)28-41(45-40)38-20-19-32(24-42(38)46)23-31-13-5-3-6-14-31/h3-22,24-28,46H,23H2,1-2H3. The van der Waals surface area contributed by atoms with Crippen molar-refractivity contribution in [3.05, 3.63) is 174 Å². The Morgan fingerprint density at radius 2 is 1.11 bits per heavy atom. The molecule has 0 bridgehead atoms. The van der Waals surface area contributed by atoms with Crippen LogP contribution in [0.2, 0.25) is 0 Å². The number of pyridine rings is 2. The fourth-order valence-electron chi connectivity index (χ4n) is 6.20. The summed E-state index contributed by atoms with van der Waals surface area (Å²) in [6, 6.07) is 49.8. The maximum absolute atomic E-state index is 11.2. The lowest BCUT2D eigenvalue weighted by Gasteiger charge is -2.13. The minimum Gasteiger partial charge on any atom is -0.507 e. The zero-order valence-electron chi connectivity index (χ0n) is 26.0. The Labute approximate surface area is 270 Å². The van der Waals surface area contributed by atoms with Crippen LogP contribution in [-0.2, 0) is 6.42 Å². The van der Waals surface area contributed by atoms with Gasteiger partial charge >= 0.3 is 0 Å². The number of rotatable bonds is 7. The van der Waals surface area contributed by atoms with Crippen LogP contribution in [0.4, 0.5) is 0 Å². The molecule has 1 N–H and O–H groups in total. The number of aromatic hydroxyl groups is 1. The highest BCUT2D eigenvalue weighted by atomic mass is 16.3. The van der Waals surface area contributed by atoms with Crippen molar-refractivity contribution in [2.45, 2.75) is 20.3 Å². The molecule has 3 heteroatoms. The molecule has 7 rings (SSSR count). The van der Waals surface area contributed by atoms with Crippen LogP contribution in [-0.4, -0.2) is 15.1 Å². The normalized spacial score (nSPS) is 11.0. The molecule has 0 saturated carbocycles. The highest BCUT2D eigenvalue weighted by Gasteiger charge is 2.14. The van der Waals surface area contributed by atoms with Gasteiger partial charge in [-0.15, -0.1) is 0 Å². The Hall–Kier alpha value is -5.80. The number of nitrogens with zero attached hydrogens (tertiary/aromatic N) is 2. The van der Waals surface area contributed by atoms with Crippen molar-refractivity contribution < 1.29 is 5.11 Å². The fourth-order valence-corrected chi connectivity index (χ4v) is 6.20. The molecule has 0 spiro atoms. The van der Waals surface area contributed by atoms with Gasteiger partial charge in [-0.2, -0.15) is 0 Å². The van der Waals surface area contributed by atoms with E-state index >= 15 is 0 Å². The van der Waals surface area contributed by atoms with Gasteiger partial charge < -0.3 is 5.11 Å². The fraction of sp³-hybridized carbons (Fsp3) is 0.0698. The highest BCUT2D eigenvalue weighted by molar-refractivity contribution is 5.81. The second-order valence-electron chi connectivity index (χ2n) is 11.8. The predicted octanol–water partition coefficient (Wildman–Crippen LogP) is 10.7. The minimum atomic E-state index is 0.221. The predicted molar refractivity (Wildman–Crippen MR) is 190 cm³/mol. The maximum atomic E-state index is 11.2. The molecule has 7 aromatic rings. The average molecular weight is 595 g/mol. The molecular formula is C43H34N2O. The zero-order chi connectivity index (χ0) is 31.5. The van der Waals surface area contributed by atoms with E-state index in [4.69, 9.17) is 9.97 Å². The van der Waals surface area contributed by atoms with Gasteiger partial charge in [0, 0.05) is 22.9 Å². The Morgan fingerprint density at radius 3 is 1.85 bits per heavy atom. The second kappa shape index (κ2) is 12.7. The average Bonchev–Trinajstić information content (AvgIpc) is 3.09. The van der Waals surface area contributed by atoms with Crippen LogP contribution >= 0.6 is 0 Å². The molecule has 0 amide bonds. The first-order valence-corrected chi connectivity index (χ1v) is 15.6. The Balaban J connectivity index is 1.29. The summed E-state index contributed by atoms with van der Waals surface area (Å²) in [6.07, 6.45) is 2.64. The number of aromatic nitrogens is 2. The van der Waals surface area contributed by atoms with Crippen LogP contribution in [0.3, 0.4) is 0 Å².